The van der Waals surface area contributed by atoms with Gasteiger partial charge < -0.3 is 25.4 Å². The van der Waals surface area contributed by atoms with Crippen LogP contribution < -0.4 is 5.32 Å². The van der Waals surface area contributed by atoms with E-state index in [0.717, 1.165) is 0 Å². The van der Waals surface area contributed by atoms with Crippen molar-refractivity contribution in [1.82, 2.24) is 10.2 Å². The van der Waals surface area contributed by atoms with E-state index in [4.69, 9.17) is 14.9 Å². The Morgan fingerprint density at radius 1 is 1.50 bits per heavy atom. The third kappa shape index (κ3) is 2.03. The van der Waals surface area contributed by atoms with Crippen LogP contribution in [0, 0.1) is 0 Å². The number of carbonyl (C=O) groups excluding carboxylic acids is 1. The average molecular weight is 268 g/mol. The minimum absolute atomic E-state index is 0.0710. The number of aliphatic hydroxyl groups is 3. The molecule has 2 amide bonds. The predicted molar refractivity (Wildman–Crippen MR) is 52.6 cm³/mol. The van der Waals surface area contributed by atoms with Crippen LogP contribution in [0.2, 0.25) is 0 Å². The van der Waals surface area contributed by atoms with Crippen LogP contribution in [-0.2, 0) is 4.74 Å². The van der Waals surface area contributed by atoms with Gasteiger partial charge in [0.15, 0.2) is 6.10 Å². The van der Waals surface area contributed by atoms with Gasteiger partial charge in [0.05, 0.1) is 6.61 Å². The lowest BCUT2D eigenvalue weighted by Crippen LogP contribution is -2.59. The summed E-state index contributed by atoms with van der Waals surface area (Å²) in [6.45, 7) is -0.899. The van der Waals surface area contributed by atoms with E-state index in [2.05, 4.69) is 5.32 Å². The van der Waals surface area contributed by atoms with Crippen molar-refractivity contribution in [2.75, 3.05) is 13.2 Å². The number of amides is 2. The zero-order valence-electron chi connectivity index (χ0n) is 9.29. The van der Waals surface area contributed by atoms with E-state index in [0.29, 0.717) is 4.90 Å². The number of halogens is 2. The molecule has 0 spiro atoms. The summed E-state index contributed by atoms with van der Waals surface area (Å²) in [6, 6.07) is -0.899. The summed E-state index contributed by atoms with van der Waals surface area (Å²) < 4.78 is 32.3. The molecule has 2 fully saturated rings. The largest absolute Gasteiger partial charge is 0.394 e. The molecule has 2 saturated heterocycles. The van der Waals surface area contributed by atoms with Crippen LogP contribution in [0.4, 0.5) is 13.6 Å². The van der Waals surface area contributed by atoms with Crippen molar-refractivity contribution < 1.29 is 33.6 Å². The number of rotatable bonds is 2. The Labute approximate surface area is 101 Å². The molecular weight excluding hydrogens is 254 g/mol. The van der Waals surface area contributed by atoms with E-state index in [1.54, 1.807) is 0 Å². The Hall–Kier alpha value is -1.03. The maximum Gasteiger partial charge on any atom is 0.321 e. The van der Waals surface area contributed by atoms with Crippen LogP contribution in [0.3, 0.4) is 0 Å². The second kappa shape index (κ2) is 4.57. The van der Waals surface area contributed by atoms with Gasteiger partial charge in [0.2, 0.25) is 6.23 Å². The SMILES string of the molecule is O=C1N[C@H](O)CCN1[C@@H]1O[C@H](CO)[C@H](O)C1(F)F. The molecule has 0 unspecified atom stereocenters. The molecule has 4 N–H and O–H groups in total. The lowest BCUT2D eigenvalue weighted by Gasteiger charge is -2.36. The number of nitrogens with zero attached hydrogens (tertiary/aromatic N) is 1. The van der Waals surface area contributed by atoms with Crippen LogP contribution in [0.1, 0.15) is 6.42 Å². The Morgan fingerprint density at radius 2 is 2.17 bits per heavy atom. The topological polar surface area (TPSA) is 102 Å². The molecule has 18 heavy (non-hydrogen) atoms. The number of ether oxygens (including phenoxy) is 1. The normalized spacial score (nSPS) is 39.8. The molecular formula is C9H14F2N2O5. The van der Waals surface area contributed by atoms with Gasteiger partial charge in [0, 0.05) is 13.0 Å². The minimum Gasteiger partial charge on any atom is -0.394 e. The Bertz CT molecular complexity index is 343. The quantitative estimate of drug-likeness (QED) is 0.485. The molecule has 0 aromatic heterocycles. The maximum atomic E-state index is 13.7. The molecule has 0 aliphatic carbocycles. The van der Waals surface area contributed by atoms with E-state index >= 15 is 0 Å². The molecule has 0 saturated carbocycles. The second-order valence-electron chi connectivity index (χ2n) is 4.28. The third-order valence-electron chi connectivity index (χ3n) is 3.04. The summed E-state index contributed by atoms with van der Waals surface area (Å²) >= 11 is 0. The van der Waals surface area contributed by atoms with E-state index in [-0.39, 0.29) is 13.0 Å². The molecule has 0 bridgehead atoms. The number of alkyl halides is 2. The van der Waals surface area contributed by atoms with Crippen LogP contribution in [-0.4, -0.2) is 70.0 Å². The van der Waals surface area contributed by atoms with Crippen LogP contribution >= 0.6 is 0 Å². The number of carbonyl (C=O) groups is 1. The van der Waals surface area contributed by atoms with Gasteiger partial charge in [0.25, 0.3) is 0 Å². The third-order valence-corrected chi connectivity index (χ3v) is 3.04. The monoisotopic (exact) mass is 268 g/mol. The van der Waals surface area contributed by atoms with Gasteiger partial charge >= 0.3 is 12.0 Å². The van der Waals surface area contributed by atoms with Crippen LogP contribution in [0.5, 0.6) is 0 Å². The van der Waals surface area contributed by atoms with E-state index in [1.807, 2.05) is 0 Å². The summed E-state index contributed by atoms with van der Waals surface area (Å²) in [5, 5.41) is 29.3. The standard InChI is InChI=1S/C9H14F2N2O5/c10-9(11)6(16)4(3-14)18-7(9)13-2-1-5(15)12-8(13)17/h4-7,14-16H,1-3H2,(H,12,17)/t4-,5-,6+,7-/m1/s1. The van der Waals surface area contributed by atoms with Gasteiger partial charge in [-0.1, -0.05) is 0 Å². The van der Waals surface area contributed by atoms with Gasteiger partial charge in [-0.15, -0.1) is 0 Å². The van der Waals surface area contributed by atoms with Gasteiger partial charge in [-0.2, -0.15) is 8.78 Å². The molecule has 2 rings (SSSR count). The fourth-order valence-corrected chi connectivity index (χ4v) is 2.03. The van der Waals surface area contributed by atoms with Crippen LogP contribution in [0.15, 0.2) is 0 Å². The summed E-state index contributed by atoms with van der Waals surface area (Å²) in [7, 11) is 0. The summed E-state index contributed by atoms with van der Waals surface area (Å²) in [6.07, 6.45) is -6.57. The first-order valence-electron chi connectivity index (χ1n) is 5.45. The van der Waals surface area contributed by atoms with Crippen molar-refractivity contribution in [3.63, 3.8) is 0 Å². The molecule has 0 radical (unpaired) electrons. The highest BCUT2D eigenvalue weighted by Gasteiger charge is 2.61. The number of urea groups is 1. The van der Waals surface area contributed by atoms with Crippen molar-refractivity contribution >= 4 is 6.03 Å². The smallest absolute Gasteiger partial charge is 0.321 e. The summed E-state index contributed by atoms with van der Waals surface area (Å²) in [5.41, 5.74) is 0. The molecule has 104 valence electrons. The summed E-state index contributed by atoms with van der Waals surface area (Å²) in [4.78, 5) is 12.2. The zero-order chi connectivity index (χ0) is 13.5. The van der Waals surface area contributed by atoms with Crippen molar-refractivity contribution in [1.29, 1.82) is 0 Å². The molecule has 2 aliphatic rings. The average Bonchev–Trinajstić information content (AvgIpc) is 2.52. The zero-order valence-corrected chi connectivity index (χ0v) is 9.29. The minimum atomic E-state index is -3.67. The van der Waals surface area contributed by atoms with E-state index in [1.165, 1.54) is 0 Å². The Morgan fingerprint density at radius 3 is 2.67 bits per heavy atom. The molecule has 4 atom stereocenters. The highest BCUT2D eigenvalue weighted by molar-refractivity contribution is 5.75. The molecule has 0 aromatic rings. The van der Waals surface area contributed by atoms with Gasteiger partial charge in [-0.25, -0.2) is 4.79 Å². The van der Waals surface area contributed by atoms with Gasteiger partial charge in [-0.05, 0) is 0 Å². The first-order valence-corrected chi connectivity index (χ1v) is 5.45. The highest BCUT2D eigenvalue weighted by Crippen LogP contribution is 2.38. The maximum absolute atomic E-state index is 13.7. The number of nitrogens with one attached hydrogen (secondary N) is 1. The fourth-order valence-electron chi connectivity index (χ4n) is 2.03. The predicted octanol–water partition coefficient (Wildman–Crippen LogP) is -1.57. The summed E-state index contributed by atoms with van der Waals surface area (Å²) in [5.74, 6) is -3.67. The first kappa shape index (κ1) is 13.4. The van der Waals surface area contributed by atoms with Gasteiger partial charge in [-0.3, -0.25) is 4.90 Å². The lowest BCUT2D eigenvalue weighted by molar-refractivity contribution is -0.159. The first-order chi connectivity index (χ1) is 8.37. The molecule has 2 heterocycles. The number of hydrogen-bond donors (Lipinski definition) is 4. The van der Waals surface area contributed by atoms with Crippen LogP contribution in [0.25, 0.3) is 0 Å². The molecule has 0 aromatic carbocycles. The second-order valence-corrected chi connectivity index (χ2v) is 4.28. The lowest BCUT2D eigenvalue weighted by atomic mass is 10.1. The molecule has 7 nitrogen and oxygen atoms in total. The highest BCUT2D eigenvalue weighted by atomic mass is 19.3. The van der Waals surface area contributed by atoms with Crippen molar-refractivity contribution in [3.05, 3.63) is 0 Å². The number of aliphatic hydroxyl groups excluding tert-OH is 3. The number of hydrogen-bond acceptors (Lipinski definition) is 5. The molecule has 2 aliphatic heterocycles. The Balaban J connectivity index is 2.15. The van der Waals surface area contributed by atoms with E-state index in [9.17, 15) is 18.7 Å². The van der Waals surface area contributed by atoms with Crippen molar-refractivity contribution in [2.45, 2.75) is 37.0 Å². The van der Waals surface area contributed by atoms with Crippen molar-refractivity contribution in [3.8, 4) is 0 Å². The van der Waals surface area contributed by atoms with E-state index < -0.39 is 43.2 Å². The van der Waals surface area contributed by atoms with Crippen molar-refractivity contribution in [2.24, 2.45) is 0 Å². The Kier molecular flexibility index (Phi) is 3.41. The molecule has 9 heteroatoms. The van der Waals surface area contributed by atoms with Gasteiger partial charge in [0.1, 0.15) is 12.3 Å². The fraction of sp³-hybridized carbons (Fsp3) is 0.889.